The molecule has 0 saturated heterocycles. The van der Waals surface area contributed by atoms with Gasteiger partial charge in [0.1, 0.15) is 0 Å². The Bertz CT molecular complexity index is 340. The predicted octanol–water partition coefficient (Wildman–Crippen LogP) is 3.44. The molecule has 3 fully saturated rings. The molecule has 2 amide bonds. The van der Waals surface area contributed by atoms with Crippen molar-refractivity contribution in [1.82, 2.24) is 10.6 Å². The number of rotatable bonds is 4. The van der Waals surface area contributed by atoms with Gasteiger partial charge in [0.2, 0.25) is 0 Å². The van der Waals surface area contributed by atoms with E-state index in [1.807, 2.05) is 0 Å². The number of urea groups is 1. The zero-order valence-electron chi connectivity index (χ0n) is 12.2. The fourth-order valence-corrected chi connectivity index (χ4v) is 4.97. The van der Waals surface area contributed by atoms with Crippen LogP contribution in [0.4, 0.5) is 4.79 Å². The summed E-state index contributed by atoms with van der Waals surface area (Å²) in [5.41, 5.74) is 0.148. The molecule has 3 aliphatic rings. The zero-order chi connectivity index (χ0) is 13.3. The van der Waals surface area contributed by atoms with Gasteiger partial charge in [-0.1, -0.05) is 32.6 Å². The van der Waals surface area contributed by atoms with E-state index in [0.717, 1.165) is 37.1 Å². The quantitative estimate of drug-likeness (QED) is 0.750. The van der Waals surface area contributed by atoms with Gasteiger partial charge in [0.25, 0.3) is 0 Å². The maximum absolute atomic E-state index is 12.1. The number of fused-ring (bicyclic) bond motifs is 2. The van der Waals surface area contributed by atoms with Crippen molar-refractivity contribution in [3.8, 4) is 0 Å². The van der Waals surface area contributed by atoms with Crippen molar-refractivity contribution >= 4 is 6.03 Å². The van der Waals surface area contributed by atoms with Gasteiger partial charge in [-0.15, -0.1) is 0 Å². The first-order chi connectivity index (χ1) is 9.21. The average Bonchev–Trinajstić information content (AvgIpc) is 2.50. The normalized spacial score (nSPS) is 39.9. The Labute approximate surface area is 116 Å². The first-order valence-electron chi connectivity index (χ1n) is 8.27. The van der Waals surface area contributed by atoms with Crippen molar-refractivity contribution in [1.29, 1.82) is 0 Å². The summed E-state index contributed by atoms with van der Waals surface area (Å²) in [6.45, 7) is 2.97. The van der Waals surface area contributed by atoms with Crippen molar-refractivity contribution < 1.29 is 4.79 Å². The molecular weight excluding hydrogens is 236 g/mol. The van der Waals surface area contributed by atoms with E-state index in [9.17, 15) is 4.79 Å². The third-order valence-corrected chi connectivity index (χ3v) is 5.67. The van der Waals surface area contributed by atoms with E-state index in [1.54, 1.807) is 0 Å². The summed E-state index contributed by atoms with van der Waals surface area (Å²) in [4.78, 5) is 12.1. The number of amides is 2. The summed E-state index contributed by atoms with van der Waals surface area (Å²) in [5, 5.41) is 6.39. The molecule has 4 unspecified atom stereocenters. The summed E-state index contributed by atoms with van der Waals surface area (Å²) in [5.74, 6) is 2.67. The minimum atomic E-state index is 0.0778. The van der Waals surface area contributed by atoms with E-state index in [4.69, 9.17) is 0 Å². The minimum absolute atomic E-state index is 0.0778. The Morgan fingerprint density at radius 3 is 2.89 bits per heavy atom. The van der Waals surface area contributed by atoms with Crippen molar-refractivity contribution in [3.05, 3.63) is 0 Å². The molecule has 0 aromatic heterocycles. The summed E-state index contributed by atoms with van der Waals surface area (Å²) in [6.07, 6.45) is 11.6. The van der Waals surface area contributed by atoms with Crippen LogP contribution in [0.25, 0.3) is 0 Å². The molecule has 3 rings (SSSR count). The first kappa shape index (κ1) is 13.3. The van der Waals surface area contributed by atoms with Crippen LogP contribution in [0.15, 0.2) is 0 Å². The molecule has 4 atom stereocenters. The first-order valence-corrected chi connectivity index (χ1v) is 8.27. The van der Waals surface area contributed by atoms with Gasteiger partial charge in [0.15, 0.2) is 0 Å². The van der Waals surface area contributed by atoms with E-state index in [0.29, 0.717) is 0 Å². The molecule has 108 valence electrons. The van der Waals surface area contributed by atoms with Crippen LogP contribution in [-0.2, 0) is 0 Å². The number of hydrogen-bond donors (Lipinski definition) is 2. The van der Waals surface area contributed by atoms with E-state index in [-0.39, 0.29) is 11.6 Å². The van der Waals surface area contributed by atoms with Crippen LogP contribution >= 0.6 is 0 Å². The Morgan fingerprint density at radius 2 is 2.05 bits per heavy atom. The maximum Gasteiger partial charge on any atom is 0.315 e. The molecule has 0 aliphatic heterocycles. The number of hydrogen-bond acceptors (Lipinski definition) is 1. The lowest BCUT2D eigenvalue weighted by molar-refractivity contribution is 0.177. The second kappa shape index (κ2) is 5.34. The zero-order valence-corrected chi connectivity index (χ0v) is 12.2. The lowest BCUT2D eigenvalue weighted by Crippen LogP contribution is -2.53. The van der Waals surface area contributed by atoms with Gasteiger partial charge in [0.05, 0.1) is 0 Å². The van der Waals surface area contributed by atoms with E-state index in [2.05, 4.69) is 17.6 Å². The van der Waals surface area contributed by atoms with Crippen LogP contribution in [0.1, 0.15) is 64.7 Å². The highest BCUT2D eigenvalue weighted by Gasteiger charge is 2.52. The second-order valence-corrected chi connectivity index (χ2v) is 7.18. The van der Waals surface area contributed by atoms with E-state index in [1.165, 1.54) is 44.9 Å². The van der Waals surface area contributed by atoms with Gasteiger partial charge in [-0.05, 0) is 49.9 Å². The molecule has 19 heavy (non-hydrogen) atoms. The van der Waals surface area contributed by atoms with E-state index < -0.39 is 0 Å². The van der Waals surface area contributed by atoms with Crippen LogP contribution in [0.2, 0.25) is 0 Å². The molecule has 3 bridgehead atoms. The van der Waals surface area contributed by atoms with Crippen LogP contribution in [0.3, 0.4) is 0 Å². The van der Waals surface area contributed by atoms with Gasteiger partial charge in [-0.3, -0.25) is 0 Å². The van der Waals surface area contributed by atoms with Gasteiger partial charge >= 0.3 is 6.03 Å². The molecule has 0 spiro atoms. The van der Waals surface area contributed by atoms with Crippen molar-refractivity contribution in [3.63, 3.8) is 0 Å². The Kier molecular flexibility index (Phi) is 3.72. The molecular formula is C16H28N2O. The Balaban J connectivity index is 1.59. The standard InChI is InChI=1S/C16H28N2O/c1-2-3-7-17-15(19)18-16-9-12-5-4-6-13(10-16)14(8-12)11-16/h12-14H,2-11H2,1H3,(H2,17,18,19). The highest BCUT2D eigenvalue weighted by Crippen LogP contribution is 2.55. The molecule has 2 N–H and O–H groups in total. The molecule has 3 heteroatoms. The average molecular weight is 264 g/mol. The molecule has 3 aliphatic carbocycles. The third kappa shape index (κ3) is 2.75. The summed E-state index contributed by atoms with van der Waals surface area (Å²) >= 11 is 0. The van der Waals surface area contributed by atoms with Gasteiger partial charge in [0, 0.05) is 12.1 Å². The third-order valence-electron chi connectivity index (χ3n) is 5.67. The fourth-order valence-electron chi connectivity index (χ4n) is 4.97. The van der Waals surface area contributed by atoms with Gasteiger partial charge in [-0.2, -0.15) is 0 Å². The van der Waals surface area contributed by atoms with Crippen molar-refractivity contribution in [2.75, 3.05) is 6.54 Å². The summed E-state index contributed by atoms with van der Waals surface area (Å²) < 4.78 is 0. The number of unbranched alkanes of at least 4 members (excludes halogenated alkanes) is 1. The van der Waals surface area contributed by atoms with E-state index >= 15 is 0 Å². The Morgan fingerprint density at radius 1 is 1.21 bits per heavy atom. The topological polar surface area (TPSA) is 41.1 Å². The number of carbonyl (C=O) groups is 1. The largest absolute Gasteiger partial charge is 0.338 e. The molecule has 0 aromatic rings. The lowest BCUT2D eigenvalue weighted by Gasteiger charge is -2.38. The smallest absolute Gasteiger partial charge is 0.315 e. The van der Waals surface area contributed by atoms with Gasteiger partial charge in [-0.25, -0.2) is 4.79 Å². The molecule has 0 aromatic carbocycles. The molecule has 0 heterocycles. The van der Waals surface area contributed by atoms with Crippen molar-refractivity contribution in [2.45, 2.75) is 70.3 Å². The maximum atomic E-state index is 12.1. The SMILES string of the molecule is CCCCNC(=O)NC12CC3CCCC(C1)C(C3)C2. The molecule has 0 radical (unpaired) electrons. The van der Waals surface area contributed by atoms with Crippen LogP contribution in [0.5, 0.6) is 0 Å². The predicted molar refractivity (Wildman–Crippen MR) is 77.0 cm³/mol. The highest BCUT2D eigenvalue weighted by atomic mass is 16.2. The second-order valence-electron chi connectivity index (χ2n) is 7.18. The monoisotopic (exact) mass is 264 g/mol. The fraction of sp³-hybridized carbons (Fsp3) is 0.938. The van der Waals surface area contributed by atoms with Crippen LogP contribution in [-0.4, -0.2) is 18.1 Å². The summed E-state index contributed by atoms with van der Waals surface area (Å²) in [6, 6.07) is 0.0778. The van der Waals surface area contributed by atoms with Crippen molar-refractivity contribution in [2.24, 2.45) is 17.8 Å². The van der Waals surface area contributed by atoms with Crippen LogP contribution in [0, 0.1) is 17.8 Å². The minimum Gasteiger partial charge on any atom is -0.338 e. The van der Waals surface area contributed by atoms with Crippen LogP contribution < -0.4 is 10.6 Å². The highest BCUT2D eigenvalue weighted by molar-refractivity contribution is 5.74. The Hall–Kier alpha value is -0.730. The number of carbonyl (C=O) groups excluding carboxylic acids is 1. The lowest BCUT2D eigenvalue weighted by atomic mass is 9.75. The molecule has 3 nitrogen and oxygen atoms in total. The van der Waals surface area contributed by atoms with Gasteiger partial charge < -0.3 is 10.6 Å². The molecule has 3 saturated carbocycles. The summed E-state index contributed by atoms with van der Waals surface area (Å²) in [7, 11) is 0. The number of nitrogens with one attached hydrogen (secondary N) is 2.